The van der Waals surface area contributed by atoms with Gasteiger partial charge in [-0.1, -0.05) is 26.7 Å². The van der Waals surface area contributed by atoms with Gasteiger partial charge in [0.25, 0.3) is 0 Å². The minimum absolute atomic E-state index is 0.00560. The summed E-state index contributed by atoms with van der Waals surface area (Å²) in [5.74, 6) is 0.224. The smallest absolute Gasteiger partial charge is 0.327 e. The van der Waals surface area contributed by atoms with Crippen LogP contribution >= 0.6 is 11.8 Å². The fraction of sp³-hybridized carbons (Fsp3) is 0.846. The number of carbonyl (C=O) groups is 2. The number of rotatable bonds is 2. The Morgan fingerprint density at radius 2 is 2.06 bits per heavy atom. The Kier molecular flexibility index (Phi) is 3.90. The first-order chi connectivity index (χ1) is 8.43. The average molecular weight is 271 g/mol. The van der Waals surface area contributed by atoms with Gasteiger partial charge in [-0.3, -0.25) is 4.79 Å². The van der Waals surface area contributed by atoms with Crippen LogP contribution in [-0.2, 0) is 9.59 Å². The van der Waals surface area contributed by atoms with Crippen LogP contribution in [0.4, 0.5) is 0 Å². The highest BCUT2D eigenvalue weighted by atomic mass is 32.2. The Bertz CT molecular complexity index is 356. The van der Waals surface area contributed by atoms with Crippen LogP contribution < -0.4 is 0 Å². The summed E-state index contributed by atoms with van der Waals surface area (Å²) >= 11 is 1.54. The second-order valence-electron chi connectivity index (χ2n) is 5.95. The Morgan fingerprint density at radius 1 is 1.33 bits per heavy atom. The van der Waals surface area contributed by atoms with E-state index in [1.165, 1.54) is 18.2 Å². The highest BCUT2D eigenvalue weighted by Gasteiger charge is 2.43. The number of carbonyl (C=O) groups excluding carboxylic acids is 1. The van der Waals surface area contributed by atoms with Gasteiger partial charge in [-0.15, -0.1) is 11.8 Å². The zero-order chi connectivity index (χ0) is 13.3. The van der Waals surface area contributed by atoms with Crippen LogP contribution in [0.1, 0.15) is 39.5 Å². The molecular formula is C13H21NO3S. The van der Waals surface area contributed by atoms with E-state index in [1.807, 2.05) is 0 Å². The summed E-state index contributed by atoms with van der Waals surface area (Å²) in [5.41, 5.74) is 0.00560. The number of hydrogen-bond acceptors (Lipinski definition) is 3. The van der Waals surface area contributed by atoms with Gasteiger partial charge < -0.3 is 10.0 Å². The molecule has 2 aliphatic rings. The lowest BCUT2D eigenvalue weighted by atomic mass is 9.68. The van der Waals surface area contributed by atoms with Crippen molar-refractivity contribution in [3.8, 4) is 0 Å². The quantitative estimate of drug-likeness (QED) is 0.836. The summed E-state index contributed by atoms with van der Waals surface area (Å²) in [6.07, 6.45) is 4.22. The molecule has 0 radical (unpaired) electrons. The first-order valence-electron chi connectivity index (χ1n) is 6.54. The van der Waals surface area contributed by atoms with Crippen LogP contribution in [0, 0.1) is 11.3 Å². The third-order valence-electron chi connectivity index (χ3n) is 4.26. The van der Waals surface area contributed by atoms with E-state index in [-0.39, 0.29) is 17.2 Å². The molecule has 1 amide bonds. The molecule has 1 saturated heterocycles. The molecule has 2 fully saturated rings. The molecule has 0 bridgehead atoms. The maximum atomic E-state index is 12.6. The molecule has 1 aliphatic heterocycles. The van der Waals surface area contributed by atoms with E-state index in [0.29, 0.717) is 11.6 Å². The first-order valence-corrected chi connectivity index (χ1v) is 7.70. The lowest BCUT2D eigenvalue weighted by Gasteiger charge is -2.40. The van der Waals surface area contributed by atoms with Crippen LogP contribution in [0.2, 0.25) is 0 Å². The summed E-state index contributed by atoms with van der Waals surface area (Å²) in [4.78, 5) is 25.3. The van der Waals surface area contributed by atoms with Gasteiger partial charge in [0.1, 0.15) is 6.04 Å². The second-order valence-corrected chi connectivity index (χ2v) is 6.95. The van der Waals surface area contributed by atoms with Crippen LogP contribution in [0.5, 0.6) is 0 Å². The van der Waals surface area contributed by atoms with Crippen LogP contribution in [0.25, 0.3) is 0 Å². The molecular weight excluding hydrogens is 250 g/mol. The number of hydrogen-bond donors (Lipinski definition) is 1. The molecule has 1 heterocycles. The third-order valence-corrected chi connectivity index (χ3v) is 5.27. The van der Waals surface area contributed by atoms with Crippen molar-refractivity contribution in [2.75, 3.05) is 11.6 Å². The molecule has 18 heavy (non-hydrogen) atoms. The van der Waals surface area contributed by atoms with Gasteiger partial charge in [0.05, 0.1) is 5.88 Å². The van der Waals surface area contributed by atoms with Gasteiger partial charge in [0.2, 0.25) is 5.91 Å². The van der Waals surface area contributed by atoms with Gasteiger partial charge in [-0.25, -0.2) is 4.79 Å². The largest absolute Gasteiger partial charge is 0.480 e. The zero-order valence-electron chi connectivity index (χ0n) is 11.0. The summed E-state index contributed by atoms with van der Waals surface area (Å²) < 4.78 is 0. The standard InChI is InChI=1S/C13H21NO3S/c1-13(2)6-4-3-5-9(13)11(15)14-8-18-7-10(14)12(16)17/h9-10H,3-8H2,1-2H3,(H,16,17). The van der Waals surface area contributed by atoms with Gasteiger partial charge in [0.15, 0.2) is 0 Å². The molecule has 2 atom stereocenters. The zero-order valence-corrected chi connectivity index (χ0v) is 11.8. The molecule has 2 rings (SSSR count). The van der Waals surface area contributed by atoms with E-state index in [0.717, 1.165) is 19.3 Å². The maximum Gasteiger partial charge on any atom is 0.327 e. The van der Waals surface area contributed by atoms with Crippen molar-refractivity contribution in [1.82, 2.24) is 4.90 Å². The van der Waals surface area contributed by atoms with Gasteiger partial charge in [0, 0.05) is 11.7 Å². The lowest BCUT2D eigenvalue weighted by molar-refractivity contribution is -0.152. The van der Waals surface area contributed by atoms with Crippen molar-refractivity contribution in [3.63, 3.8) is 0 Å². The van der Waals surface area contributed by atoms with Crippen molar-refractivity contribution in [3.05, 3.63) is 0 Å². The van der Waals surface area contributed by atoms with Gasteiger partial charge >= 0.3 is 5.97 Å². The number of thioether (sulfide) groups is 1. The first kappa shape index (κ1) is 13.7. The minimum Gasteiger partial charge on any atom is -0.480 e. The Balaban J connectivity index is 2.12. The number of carboxylic acid groups (broad SMARTS) is 1. The SMILES string of the molecule is CC1(C)CCCCC1C(=O)N1CSCC1C(=O)O. The Morgan fingerprint density at radius 3 is 2.67 bits per heavy atom. The van der Waals surface area contributed by atoms with Crippen molar-refractivity contribution in [2.24, 2.45) is 11.3 Å². The summed E-state index contributed by atoms with van der Waals surface area (Å²) in [6, 6.07) is -0.625. The van der Waals surface area contributed by atoms with E-state index in [2.05, 4.69) is 13.8 Å². The van der Waals surface area contributed by atoms with Gasteiger partial charge in [-0.05, 0) is 18.3 Å². The number of aliphatic carboxylic acids is 1. The molecule has 1 aliphatic carbocycles. The predicted octanol–water partition coefficient (Wildman–Crippen LogP) is 2.19. The number of amides is 1. The number of carboxylic acids is 1. The summed E-state index contributed by atoms with van der Waals surface area (Å²) in [5, 5.41) is 9.15. The highest BCUT2D eigenvalue weighted by molar-refractivity contribution is 7.99. The minimum atomic E-state index is -0.873. The molecule has 4 nitrogen and oxygen atoms in total. The van der Waals surface area contributed by atoms with Crippen LogP contribution in [-0.4, -0.2) is 39.6 Å². The normalized spacial score (nSPS) is 31.3. The average Bonchev–Trinajstić information content (AvgIpc) is 2.76. The van der Waals surface area contributed by atoms with Crippen molar-refractivity contribution in [2.45, 2.75) is 45.6 Å². The topological polar surface area (TPSA) is 57.6 Å². The molecule has 1 N–H and O–H groups in total. The lowest BCUT2D eigenvalue weighted by Crippen LogP contribution is -2.48. The van der Waals surface area contributed by atoms with E-state index in [9.17, 15) is 9.59 Å². The molecule has 2 unspecified atom stereocenters. The predicted molar refractivity (Wildman–Crippen MR) is 71.3 cm³/mol. The van der Waals surface area contributed by atoms with Gasteiger partial charge in [-0.2, -0.15) is 0 Å². The molecule has 1 saturated carbocycles. The van der Waals surface area contributed by atoms with E-state index in [1.54, 1.807) is 4.90 Å². The van der Waals surface area contributed by atoms with Crippen LogP contribution in [0.15, 0.2) is 0 Å². The van der Waals surface area contributed by atoms with Crippen molar-refractivity contribution >= 4 is 23.6 Å². The second kappa shape index (κ2) is 5.11. The number of nitrogens with zero attached hydrogens (tertiary/aromatic N) is 1. The molecule has 5 heteroatoms. The van der Waals surface area contributed by atoms with E-state index >= 15 is 0 Å². The Labute approximate surface area is 112 Å². The molecule has 0 aromatic heterocycles. The Hall–Kier alpha value is -0.710. The monoisotopic (exact) mass is 271 g/mol. The molecule has 102 valence electrons. The fourth-order valence-electron chi connectivity index (χ4n) is 3.02. The van der Waals surface area contributed by atoms with E-state index in [4.69, 9.17) is 5.11 Å². The van der Waals surface area contributed by atoms with Crippen molar-refractivity contribution < 1.29 is 14.7 Å². The molecule has 0 spiro atoms. The van der Waals surface area contributed by atoms with E-state index < -0.39 is 12.0 Å². The maximum absolute atomic E-state index is 12.6. The highest BCUT2D eigenvalue weighted by Crippen LogP contribution is 2.42. The summed E-state index contributed by atoms with van der Waals surface area (Å²) in [7, 11) is 0. The summed E-state index contributed by atoms with van der Waals surface area (Å²) in [6.45, 7) is 4.27. The fourth-order valence-corrected chi connectivity index (χ4v) is 4.17. The third kappa shape index (κ3) is 2.51. The molecule has 0 aromatic carbocycles. The van der Waals surface area contributed by atoms with Crippen LogP contribution in [0.3, 0.4) is 0 Å². The van der Waals surface area contributed by atoms with Crippen molar-refractivity contribution in [1.29, 1.82) is 0 Å². The molecule has 0 aromatic rings.